The normalized spacial score (nSPS) is 13.5. The topological polar surface area (TPSA) is 24.9 Å². The Morgan fingerprint density at radius 1 is 1.47 bits per heavy atom. The molecule has 1 aromatic heterocycles. The van der Waals surface area contributed by atoms with E-state index in [4.69, 9.17) is 23.2 Å². The van der Waals surface area contributed by atoms with Crippen molar-refractivity contribution in [3.8, 4) is 0 Å². The molecule has 1 heterocycles. The van der Waals surface area contributed by atoms with Crippen molar-refractivity contribution in [3.05, 3.63) is 21.8 Å². The maximum absolute atomic E-state index is 6.26. The van der Waals surface area contributed by atoms with Crippen LogP contribution in [0.3, 0.4) is 0 Å². The van der Waals surface area contributed by atoms with Gasteiger partial charge in [0.1, 0.15) is 5.82 Å². The number of halogens is 3. The molecule has 0 aliphatic heterocycles. The fraction of sp³-hybridized carbons (Fsp3) is 0.583. The monoisotopic (exact) mass is 338 g/mol. The van der Waals surface area contributed by atoms with Gasteiger partial charge in [0.15, 0.2) is 0 Å². The van der Waals surface area contributed by atoms with E-state index < -0.39 is 0 Å². The molecule has 0 saturated carbocycles. The molecule has 1 unspecified atom stereocenters. The minimum absolute atomic E-state index is 0.0662. The highest BCUT2D eigenvalue weighted by molar-refractivity contribution is 9.10. The predicted octanol–water partition coefficient (Wildman–Crippen LogP) is 4.95. The van der Waals surface area contributed by atoms with Crippen molar-refractivity contribution >= 4 is 44.9 Å². The number of anilines is 1. The Kier molecular flexibility index (Phi) is 5.55. The van der Waals surface area contributed by atoms with Crippen molar-refractivity contribution in [2.24, 2.45) is 5.41 Å². The van der Waals surface area contributed by atoms with E-state index in [1.807, 2.05) is 6.07 Å². The first kappa shape index (κ1) is 15.1. The molecule has 0 radical (unpaired) electrons. The van der Waals surface area contributed by atoms with Gasteiger partial charge >= 0.3 is 0 Å². The Labute approximate surface area is 121 Å². The van der Waals surface area contributed by atoms with Gasteiger partial charge in [-0.2, -0.15) is 0 Å². The molecule has 0 aliphatic rings. The number of hydrogen-bond acceptors (Lipinski definition) is 2. The van der Waals surface area contributed by atoms with E-state index in [0.29, 0.717) is 17.4 Å². The Balaban J connectivity index is 2.50. The number of pyridine rings is 1. The summed E-state index contributed by atoms with van der Waals surface area (Å²) >= 11 is 15.6. The Bertz CT molecular complexity index is 377. The first-order chi connectivity index (χ1) is 7.78. The standard InChI is InChI=1S/C12H17BrCl2N2/c1-12(2,3)5-9(14)7-17-11-10(15)4-8(13)6-16-11/h4,6,9H,5,7H2,1-3H3,(H,16,17). The molecule has 1 N–H and O–H groups in total. The van der Waals surface area contributed by atoms with Gasteiger partial charge in [-0.1, -0.05) is 32.4 Å². The number of alkyl halides is 1. The molecule has 1 rings (SSSR count). The zero-order valence-electron chi connectivity index (χ0n) is 10.2. The van der Waals surface area contributed by atoms with Crippen LogP contribution in [0.1, 0.15) is 27.2 Å². The van der Waals surface area contributed by atoms with Crippen LogP contribution in [-0.4, -0.2) is 16.9 Å². The fourth-order valence-electron chi connectivity index (χ4n) is 1.49. The Morgan fingerprint density at radius 3 is 2.65 bits per heavy atom. The summed E-state index contributed by atoms with van der Waals surface area (Å²) in [6, 6.07) is 1.81. The van der Waals surface area contributed by atoms with Crippen molar-refractivity contribution in [2.45, 2.75) is 32.6 Å². The number of rotatable bonds is 4. The highest BCUT2D eigenvalue weighted by Crippen LogP contribution is 2.26. The summed E-state index contributed by atoms with van der Waals surface area (Å²) in [6.07, 6.45) is 2.65. The highest BCUT2D eigenvalue weighted by atomic mass is 79.9. The quantitative estimate of drug-likeness (QED) is 0.785. The second kappa shape index (κ2) is 6.26. The smallest absolute Gasteiger partial charge is 0.144 e. The molecule has 0 amide bonds. The summed E-state index contributed by atoms with van der Waals surface area (Å²) in [4.78, 5) is 4.20. The second-order valence-electron chi connectivity index (χ2n) is 5.23. The van der Waals surface area contributed by atoms with Crippen molar-refractivity contribution < 1.29 is 0 Å². The molecule has 0 saturated heterocycles. The van der Waals surface area contributed by atoms with Gasteiger partial charge in [0, 0.05) is 17.2 Å². The van der Waals surface area contributed by atoms with Crippen LogP contribution in [-0.2, 0) is 0 Å². The summed E-state index contributed by atoms with van der Waals surface area (Å²) < 4.78 is 0.866. The first-order valence-corrected chi connectivity index (χ1v) is 7.08. The maximum Gasteiger partial charge on any atom is 0.144 e. The minimum atomic E-state index is 0.0662. The maximum atomic E-state index is 6.26. The summed E-state index contributed by atoms with van der Waals surface area (Å²) in [6.45, 7) is 7.18. The van der Waals surface area contributed by atoms with Crippen LogP contribution in [0, 0.1) is 5.41 Å². The lowest BCUT2D eigenvalue weighted by atomic mass is 9.90. The SMILES string of the molecule is CC(C)(C)CC(Cl)CNc1ncc(Br)cc1Cl. The summed E-state index contributed by atoms with van der Waals surface area (Å²) in [5.41, 5.74) is 0.227. The van der Waals surface area contributed by atoms with Crippen LogP contribution in [0.25, 0.3) is 0 Å². The van der Waals surface area contributed by atoms with E-state index in [9.17, 15) is 0 Å². The average Bonchev–Trinajstić information content (AvgIpc) is 2.13. The van der Waals surface area contributed by atoms with Gasteiger partial charge in [0.25, 0.3) is 0 Å². The van der Waals surface area contributed by atoms with Crippen LogP contribution in [0.4, 0.5) is 5.82 Å². The molecule has 1 aromatic rings. The molecule has 0 aromatic carbocycles. The largest absolute Gasteiger partial charge is 0.367 e. The molecule has 17 heavy (non-hydrogen) atoms. The fourth-order valence-corrected chi connectivity index (χ4v) is 2.73. The van der Waals surface area contributed by atoms with Crippen molar-refractivity contribution in [1.82, 2.24) is 4.98 Å². The first-order valence-electron chi connectivity index (χ1n) is 5.47. The van der Waals surface area contributed by atoms with Crippen LogP contribution < -0.4 is 5.32 Å². The molecule has 2 nitrogen and oxygen atoms in total. The van der Waals surface area contributed by atoms with Crippen LogP contribution >= 0.6 is 39.1 Å². The van der Waals surface area contributed by atoms with Gasteiger partial charge in [0.2, 0.25) is 0 Å². The van der Waals surface area contributed by atoms with Crippen LogP contribution in [0.5, 0.6) is 0 Å². The molecule has 1 atom stereocenters. The lowest BCUT2D eigenvalue weighted by Gasteiger charge is -2.22. The zero-order valence-corrected chi connectivity index (χ0v) is 13.3. The van der Waals surface area contributed by atoms with Gasteiger partial charge in [-0.05, 0) is 33.8 Å². The molecular formula is C12H17BrCl2N2. The summed E-state index contributed by atoms with van der Waals surface area (Å²) in [7, 11) is 0. The Morgan fingerprint density at radius 2 is 2.12 bits per heavy atom. The third kappa shape index (κ3) is 5.94. The molecule has 0 aliphatic carbocycles. The van der Waals surface area contributed by atoms with Crippen molar-refractivity contribution in [2.75, 3.05) is 11.9 Å². The van der Waals surface area contributed by atoms with Crippen molar-refractivity contribution in [1.29, 1.82) is 0 Å². The number of aromatic nitrogens is 1. The van der Waals surface area contributed by atoms with Gasteiger partial charge in [-0.3, -0.25) is 0 Å². The number of nitrogens with zero attached hydrogens (tertiary/aromatic N) is 1. The van der Waals surface area contributed by atoms with E-state index in [1.165, 1.54) is 0 Å². The lowest BCUT2D eigenvalue weighted by molar-refractivity contribution is 0.373. The molecule has 96 valence electrons. The summed E-state index contributed by atoms with van der Waals surface area (Å²) in [5.74, 6) is 0.675. The average molecular weight is 340 g/mol. The van der Waals surface area contributed by atoms with E-state index in [2.05, 4.69) is 47.0 Å². The van der Waals surface area contributed by atoms with E-state index in [0.717, 1.165) is 10.9 Å². The van der Waals surface area contributed by atoms with E-state index in [1.54, 1.807) is 6.20 Å². The molecule has 0 spiro atoms. The lowest BCUT2D eigenvalue weighted by Crippen LogP contribution is -2.21. The van der Waals surface area contributed by atoms with Gasteiger partial charge in [-0.15, -0.1) is 11.6 Å². The van der Waals surface area contributed by atoms with Gasteiger partial charge in [0.05, 0.1) is 10.4 Å². The summed E-state index contributed by atoms with van der Waals surface area (Å²) in [5, 5.41) is 3.83. The van der Waals surface area contributed by atoms with E-state index >= 15 is 0 Å². The number of hydrogen-bond donors (Lipinski definition) is 1. The van der Waals surface area contributed by atoms with Gasteiger partial charge in [-0.25, -0.2) is 4.98 Å². The minimum Gasteiger partial charge on any atom is -0.367 e. The highest BCUT2D eigenvalue weighted by Gasteiger charge is 2.17. The third-order valence-electron chi connectivity index (χ3n) is 2.13. The molecule has 5 heteroatoms. The van der Waals surface area contributed by atoms with Crippen LogP contribution in [0.2, 0.25) is 5.02 Å². The second-order valence-corrected chi connectivity index (χ2v) is 7.17. The molecule has 0 bridgehead atoms. The van der Waals surface area contributed by atoms with Gasteiger partial charge < -0.3 is 5.32 Å². The molecular weight excluding hydrogens is 323 g/mol. The Hall–Kier alpha value is 0.01000. The predicted molar refractivity (Wildman–Crippen MR) is 79.1 cm³/mol. The van der Waals surface area contributed by atoms with Crippen molar-refractivity contribution in [3.63, 3.8) is 0 Å². The van der Waals surface area contributed by atoms with Crippen LogP contribution in [0.15, 0.2) is 16.7 Å². The third-order valence-corrected chi connectivity index (χ3v) is 3.16. The molecule has 0 fully saturated rings. The van der Waals surface area contributed by atoms with E-state index in [-0.39, 0.29) is 10.8 Å². The number of nitrogens with one attached hydrogen (secondary N) is 1. The zero-order chi connectivity index (χ0) is 13.1.